The van der Waals surface area contributed by atoms with Crippen molar-refractivity contribution in [2.75, 3.05) is 31.6 Å². The Kier molecular flexibility index (Phi) is 5.84. The molecule has 2 aromatic carbocycles. The van der Waals surface area contributed by atoms with Crippen LogP contribution in [0.25, 0.3) is 0 Å². The summed E-state index contributed by atoms with van der Waals surface area (Å²) in [6, 6.07) is 11.6. The third kappa shape index (κ3) is 4.19. The Morgan fingerprint density at radius 1 is 1.31 bits per heavy atom. The van der Waals surface area contributed by atoms with Gasteiger partial charge in [0.15, 0.2) is 0 Å². The SMILES string of the molecule is COc1ccccc1N1CCC(CNS(=O)(=O)c2cc(Br)ccc2F)C1. The standard InChI is InChI=1S/C18H20BrFN2O3S/c1-25-17-5-3-2-4-16(17)22-9-8-13(12-22)11-21-26(23,24)18-10-14(19)6-7-15(18)20/h2-7,10,13,21H,8-9,11-12H2,1H3. The van der Waals surface area contributed by atoms with E-state index in [0.29, 0.717) is 11.0 Å². The van der Waals surface area contributed by atoms with Crippen molar-refractivity contribution < 1.29 is 17.5 Å². The summed E-state index contributed by atoms with van der Waals surface area (Å²) >= 11 is 3.18. The summed E-state index contributed by atoms with van der Waals surface area (Å²) < 4.78 is 47.1. The van der Waals surface area contributed by atoms with E-state index in [1.165, 1.54) is 12.1 Å². The lowest BCUT2D eigenvalue weighted by molar-refractivity contribution is 0.414. The van der Waals surface area contributed by atoms with Gasteiger partial charge < -0.3 is 9.64 Å². The molecule has 0 saturated carbocycles. The van der Waals surface area contributed by atoms with Crippen molar-refractivity contribution >= 4 is 31.6 Å². The molecule has 1 aliphatic rings. The number of ether oxygens (including phenoxy) is 1. The van der Waals surface area contributed by atoms with Gasteiger partial charge in [-0.05, 0) is 42.7 Å². The van der Waals surface area contributed by atoms with Crippen LogP contribution in [-0.2, 0) is 10.0 Å². The fraction of sp³-hybridized carbons (Fsp3) is 0.333. The first-order valence-electron chi connectivity index (χ1n) is 8.23. The number of methoxy groups -OCH3 is 1. The maximum atomic E-state index is 13.9. The Hall–Kier alpha value is -1.64. The van der Waals surface area contributed by atoms with E-state index >= 15 is 0 Å². The van der Waals surface area contributed by atoms with E-state index in [0.717, 1.165) is 30.5 Å². The third-order valence-corrected chi connectivity index (χ3v) is 6.39. The lowest BCUT2D eigenvalue weighted by Gasteiger charge is -2.21. The zero-order valence-corrected chi connectivity index (χ0v) is 16.7. The number of hydrogen-bond acceptors (Lipinski definition) is 4. The van der Waals surface area contributed by atoms with Crippen LogP contribution >= 0.6 is 15.9 Å². The summed E-state index contributed by atoms with van der Waals surface area (Å²) in [6.45, 7) is 1.79. The maximum absolute atomic E-state index is 13.9. The van der Waals surface area contributed by atoms with Gasteiger partial charge in [0.1, 0.15) is 16.5 Å². The number of benzene rings is 2. The number of anilines is 1. The smallest absolute Gasteiger partial charge is 0.243 e. The molecule has 0 radical (unpaired) electrons. The molecule has 8 heteroatoms. The van der Waals surface area contributed by atoms with Crippen LogP contribution in [0, 0.1) is 11.7 Å². The van der Waals surface area contributed by atoms with Crippen molar-refractivity contribution in [3.05, 3.63) is 52.8 Å². The van der Waals surface area contributed by atoms with Crippen LogP contribution in [0.1, 0.15) is 6.42 Å². The van der Waals surface area contributed by atoms with Gasteiger partial charge in [-0.2, -0.15) is 0 Å². The molecule has 1 aliphatic heterocycles. The molecule has 1 saturated heterocycles. The van der Waals surface area contributed by atoms with Crippen LogP contribution in [0.3, 0.4) is 0 Å². The molecule has 1 atom stereocenters. The van der Waals surface area contributed by atoms with Crippen LogP contribution in [0.5, 0.6) is 5.75 Å². The molecule has 1 fully saturated rings. The monoisotopic (exact) mass is 442 g/mol. The first-order valence-corrected chi connectivity index (χ1v) is 10.5. The summed E-state index contributed by atoms with van der Waals surface area (Å²) in [4.78, 5) is 1.84. The molecule has 1 heterocycles. The van der Waals surface area contributed by atoms with Gasteiger partial charge >= 0.3 is 0 Å². The molecule has 140 valence electrons. The lowest BCUT2D eigenvalue weighted by Crippen LogP contribution is -2.31. The minimum absolute atomic E-state index is 0.143. The van der Waals surface area contributed by atoms with Crippen LogP contribution in [0.15, 0.2) is 51.8 Å². The molecule has 0 spiro atoms. The average molecular weight is 443 g/mol. The molecule has 0 amide bonds. The maximum Gasteiger partial charge on any atom is 0.243 e. The minimum atomic E-state index is -3.89. The molecule has 0 bridgehead atoms. The molecule has 5 nitrogen and oxygen atoms in total. The van der Waals surface area contributed by atoms with Gasteiger partial charge in [0.05, 0.1) is 12.8 Å². The van der Waals surface area contributed by atoms with Crippen molar-refractivity contribution in [2.45, 2.75) is 11.3 Å². The topological polar surface area (TPSA) is 58.6 Å². The Morgan fingerprint density at radius 2 is 2.08 bits per heavy atom. The fourth-order valence-electron chi connectivity index (χ4n) is 3.10. The first-order chi connectivity index (χ1) is 12.4. The fourth-order valence-corrected chi connectivity index (χ4v) is 4.83. The number of para-hydroxylation sites is 2. The van der Waals surface area contributed by atoms with Gasteiger partial charge in [0.2, 0.25) is 10.0 Å². The summed E-state index contributed by atoms with van der Waals surface area (Å²) in [5.41, 5.74) is 0.999. The van der Waals surface area contributed by atoms with Gasteiger partial charge in [-0.1, -0.05) is 28.1 Å². The Labute approximate surface area is 161 Å². The first kappa shape index (κ1) is 19.1. The number of nitrogens with zero attached hydrogens (tertiary/aromatic N) is 1. The van der Waals surface area contributed by atoms with Crippen LogP contribution in [-0.4, -0.2) is 35.2 Å². The van der Waals surface area contributed by atoms with Gasteiger partial charge in [0, 0.05) is 24.1 Å². The average Bonchev–Trinajstić information content (AvgIpc) is 3.11. The summed E-state index contributed by atoms with van der Waals surface area (Å²) in [6.07, 6.45) is 0.849. The Morgan fingerprint density at radius 3 is 2.85 bits per heavy atom. The molecule has 3 rings (SSSR count). The zero-order valence-electron chi connectivity index (χ0n) is 14.3. The molecule has 26 heavy (non-hydrogen) atoms. The number of halogens is 2. The molecular weight excluding hydrogens is 423 g/mol. The van der Waals surface area contributed by atoms with E-state index < -0.39 is 15.8 Å². The Bertz CT molecular complexity index is 892. The second-order valence-electron chi connectivity index (χ2n) is 6.20. The molecule has 1 unspecified atom stereocenters. The Balaban J connectivity index is 1.65. The number of nitrogens with one attached hydrogen (secondary N) is 1. The highest BCUT2D eigenvalue weighted by Gasteiger charge is 2.27. The second-order valence-corrected chi connectivity index (χ2v) is 8.85. The van der Waals surface area contributed by atoms with Crippen molar-refractivity contribution in [3.63, 3.8) is 0 Å². The zero-order chi connectivity index (χ0) is 18.7. The predicted octanol–water partition coefficient (Wildman–Crippen LogP) is 3.40. The van der Waals surface area contributed by atoms with E-state index in [1.807, 2.05) is 24.3 Å². The molecule has 0 aliphatic carbocycles. The minimum Gasteiger partial charge on any atom is -0.495 e. The number of rotatable bonds is 6. The van der Waals surface area contributed by atoms with E-state index in [1.54, 1.807) is 7.11 Å². The van der Waals surface area contributed by atoms with Gasteiger partial charge in [-0.25, -0.2) is 17.5 Å². The number of hydrogen-bond donors (Lipinski definition) is 1. The highest BCUT2D eigenvalue weighted by molar-refractivity contribution is 9.10. The van der Waals surface area contributed by atoms with Crippen molar-refractivity contribution in [3.8, 4) is 5.75 Å². The van der Waals surface area contributed by atoms with Crippen LogP contribution in [0.4, 0.5) is 10.1 Å². The lowest BCUT2D eigenvalue weighted by atomic mass is 10.1. The number of sulfonamides is 1. The highest BCUT2D eigenvalue weighted by Crippen LogP contribution is 2.32. The van der Waals surface area contributed by atoms with Gasteiger partial charge in [-0.15, -0.1) is 0 Å². The normalized spacial score (nSPS) is 17.5. The van der Waals surface area contributed by atoms with E-state index in [9.17, 15) is 12.8 Å². The van der Waals surface area contributed by atoms with E-state index in [4.69, 9.17) is 4.74 Å². The summed E-state index contributed by atoms with van der Waals surface area (Å²) in [5.74, 6) is 0.178. The molecule has 1 N–H and O–H groups in total. The second kappa shape index (κ2) is 7.94. The van der Waals surface area contributed by atoms with E-state index in [-0.39, 0.29) is 17.4 Å². The molecule has 0 aromatic heterocycles. The third-order valence-electron chi connectivity index (χ3n) is 4.46. The molecule has 2 aromatic rings. The largest absolute Gasteiger partial charge is 0.495 e. The summed E-state index contributed by atoms with van der Waals surface area (Å²) in [7, 11) is -2.26. The predicted molar refractivity (Wildman–Crippen MR) is 103 cm³/mol. The van der Waals surface area contributed by atoms with Gasteiger partial charge in [0.25, 0.3) is 0 Å². The van der Waals surface area contributed by atoms with Crippen molar-refractivity contribution in [2.24, 2.45) is 5.92 Å². The van der Waals surface area contributed by atoms with E-state index in [2.05, 4.69) is 25.6 Å². The highest BCUT2D eigenvalue weighted by atomic mass is 79.9. The van der Waals surface area contributed by atoms with Crippen molar-refractivity contribution in [1.29, 1.82) is 0 Å². The summed E-state index contributed by atoms with van der Waals surface area (Å²) in [5, 5.41) is 0. The van der Waals surface area contributed by atoms with Gasteiger partial charge in [-0.3, -0.25) is 0 Å². The van der Waals surface area contributed by atoms with Crippen molar-refractivity contribution in [1.82, 2.24) is 4.72 Å². The quantitative estimate of drug-likeness (QED) is 0.744. The van der Waals surface area contributed by atoms with Crippen LogP contribution < -0.4 is 14.4 Å². The van der Waals surface area contributed by atoms with Crippen LogP contribution in [0.2, 0.25) is 0 Å². The molecular formula is C18H20BrFN2O3S.